The summed E-state index contributed by atoms with van der Waals surface area (Å²) in [5, 5.41) is 0. The fraction of sp³-hybridized carbons (Fsp3) is 1.00. The van der Waals surface area contributed by atoms with E-state index in [2.05, 4.69) is 18.7 Å². The maximum atomic E-state index is 6.05. The Labute approximate surface area is 102 Å². The molecule has 0 saturated carbocycles. The van der Waals surface area contributed by atoms with Gasteiger partial charge in [-0.05, 0) is 51.2 Å². The van der Waals surface area contributed by atoms with Crippen molar-refractivity contribution in [1.82, 2.24) is 4.90 Å². The molecule has 1 heterocycles. The highest BCUT2D eigenvalue weighted by Gasteiger charge is 2.18. The minimum atomic E-state index is 0.429. The van der Waals surface area contributed by atoms with Crippen molar-refractivity contribution < 1.29 is 0 Å². The van der Waals surface area contributed by atoms with Gasteiger partial charge in [-0.3, -0.25) is 0 Å². The molecule has 1 unspecified atom stereocenters. The van der Waals surface area contributed by atoms with Crippen molar-refractivity contribution in [3.63, 3.8) is 0 Å². The lowest BCUT2D eigenvalue weighted by molar-refractivity contribution is 0.173. The quantitative estimate of drug-likeness (QED) is 0.723. The molecule has 0 aromatic carbocycles. The Balaban J connectivity index is 2.07. The van der Waals surface area contributed by atoms with E-state index in [1.807, 2.05) is 0 Å². The molecule has 2 heteroatoms. The van der Waals surface area contributed by atoms with Gasteiger partial charge in [0.15, 0.2) is 0 Å². The van der Waals surface area contributed by atoms with Crippen molar-refractivity contribution in [2.24, 2.45) is 11.7 Å². The first kappa shape index (κ1) is 14.0. The molecule has 0 amide bonds. The van der Waals surface area contributed by atoms with Crippen LogP contribution in [0.1, 0.15) is 58.8 Å². The first-order chi connectivity index (χ1) is 7.76. The Hall–Kier alpha value is -0.0800. The molecule has 1 fully saturated rings. The fourth-order valence-corrected chi connectivity index (χ4v) is 2.77. The highest BCUT2D eigenvalue weighted by Crippen LogP contribution is 2.21. The summed E-state index contributed by atoms with van der Waals surface area (Å²) >= 11 is 0. The smallest absolute Gasteiger partial charge is 0.00509 e. The van der Waals surface area contributed by atoms with E-state index in [0.29, 0.717) is 6.04 Å². The third kappa shape index (κ3) is 5.31. The third-order valence-corrected chi connectivity index (χ3v) is 3.88. The van der Waals surface area contributed by atoms with Crippen LogP contribution in [0.3, 0.4) is 0 Å². The summed E-state index contributed by atoms with van der Waals surface area (Å²) in [7, 11) is 0. The number of piperidine rings is 1. The monoisotopic (exact) mass is 226 g/mol. The molecular formula is C14H30N2. The average Bonchev–Trinajstić information content (AvgIpc) is 2.29. The number of hydrogen-bond donors (Lipinski definition) is 1. The summed E-state index contributed by atoms with van der Waals surface area (Å²) in [6.07, 6.45) is 9.21. The van der Waals surface area contributed by atoms with E-state index in [-0.39, 0.29) is 0 Å². The number of rotatable bonds is 7. The molecule has 96 valence electrons. The maximum Gasteiger partial charge on any atom is 0.00509 e. The Morgan fingerprint density at radius 3 is 2.38 bits per heavy atom. The summed E-state index contributed by atoms with van der Waals surface area (Å²) in [5.41, 5.74) is 6.05. The Bertz CT molecular complexity index is 162. The molecule has 0 aromatic rings. The van der Waals surface area contributed by atoms with Gasteiger partial charge in [0, 0.05) is 6.04 Å². The second-order valence-corrected chi connectivity index (χ2v) is 5.41. The lowest BCUT2D eigenvalue weighted by Gasteiger charge is -2.32. The molecule has 0 spiro atoms. The van der Waals surface area contributed by atoms with Crippen LogP contribution in [0, 0.1) is 5.92 Å². The van der Waals surface area contributed by atoms with Crippen LogP contribution in [0.15, 0.2) is 0 Å². The van der Waals surface area contributed by atoms with Gasteiger partial charge in [0.1, 0.15) is 0 Å². The van der Waals surface area contributed by atoms with Crippen LogP contribution >= 0.6 is 0 Å². The fourth-order valence-electron chi connectivity index (χ4n) is 2.77. The van der Waals surface area contributed by atoms with Gasteiger partial charge in [0.2, 0.25) is 0 Å². The molecular weight excluding hydrogens is 196 g/mol. The van der Waals surface area contributed by atoms with Gasteiger partial charge >= 0.3 is 0 Å². The highest BCUT2D eigenvalue weighted by molar-refractivity contribution is 4.73. The van der Waals surface area contributed by atoms with Gasteiger partial charge in [0.25, 0.3) is 0 Å². The molecule has 0 radical (unpaired) electrons. The van der Waals surface area contributed by atoms with Gasteiger partial charge in [-0.15, -0.1) is 0 Å². The van der Waals surface area contributed by atoms with E-state index >= 15 is 0 Å². The molecule has 1 rings (SSSR count). The molecule has 1 atom stereocenters. The Kier molecular flexibility index (Phi) is 7.06. The molecule has 2 N–H and O–H groups in total. The molecule has 2 nitrogen and oxygen atoms in total. The highest BCUT2D eigenvalue weighted by atomic mass is 15.1. The summed E-state index contributed by atoms with van der Waals surface area (Å²) < 4.78 is 0. The second-order valence-electron chi connectivity index (χ2n) is 5.41. The van der Waals surface area contributed by atoms with Crippen LogP contribution in [0.5, 0.6) is 0 Å². The minimum Gasteiger partial charge on any atom is -0.328 e. The summed E-state index contributed by atoms with van der Waals surface area (Å²) in [5.74, 6) is 1.01. The Morgan fingerprint density at radius 2 is 1.81 bits per heavy atom. The molecule has 0 aromatic heterocycles. The SMILES string of the molecule is CCCC(N)CCN1CCC(CCC)CC1. The lowest BCUT2D eigenvalue weighted by atomic mass is 9.92. The Morgan fingerprint density at radius 1 is 1.12 bits per heavy atom. The van der Waals surface area contributed by atoms with Crippen molar-refractivity contribution >= 4 is 0 Å². The van der Waals surface area contributed by atoms with E-state index < -0.39 is 0 Å². The van der Waals surface area contributed by atoms with Gasteiger partial charge < -0.3 is 10.6 Å². The van der Waals surface area contributed by atoms with Crippen LogP contribution in [0.2, 0.25) is 0 Å². The van der Waals surface area contributed by atoms with Crippen LogP contribution in [-0.4, -0.2) is 30.6 Å². The molecule has 1 aliphatic heterocycles. The number of nitrogens with two attached hydrogens (primary N) is 1. The molecule has 1 aliphatic rings. The predicted octanol–water partition coefficient (Wildman–Crippen LogP) is 3.02. The molecule has 16 heavy (non-hydrogen) atoms. The molecule has 1 saturated heterocycles. The van der Waals surface area contributed by atoms with Crippen LogP contribution in [0.4, 0.5) is 0 Å². The van der Waals surface area contributed by atoms with Crippen molar-refractivity contribution in [3.05, 3.63) is 0 Å². The van der Waals surface area contributed by atoms with Gasteiger partial charge in [-0.25, -0.2) is 0 Å². The first-order valence-corrected chi connectivity index (χ1v) is 7.24. The number of likely N-dealkylation sites (tertiary alicyclic amines) is 1. The van der Waals surface area contributed by atoms with E-state index in [4.69, 9.17) is 5.73 Å². The van der Waals surface area contributed by atoms with Crippen molar-refractivity contribution in [2.75, 3.05) is 19.6 Å². The number of nitrogens with zero attached hydrogens (tertiary/aromatic N) is 1. The van der Waals surface area contributed by atoms with E-state index in [1.165, 1.54) is 64.6 Å². The zero-order valence-corrected chi connectivity index (χ0v) is 11.3. The standard InChI is InChI=1S/C14H30N2/c1-3-5-13-7-10-16(11-8-13)12-9-14(15)6-4-2/h13-14H,3-12,15H2,1-2H3. The van der Waals surface area contributed by atoms with Crippen LogP contribution < -0.4 is 5.73 Å². The van der Waals surface area contributed by atoms with Crippen LogP contribution in [0.25, 0.3) is 0 Å². The van der Waals surface area contributed by atoms with Gasteiger partial charge in [-0.1, -0.05) is 33.1 Å². The van der Waals surface area contributed by atoms with E-state index in [0.717, 1.165) is 5.92 Å². The minimum absolute atomic E-state index is 0.429. The van der Waals surface area contributed by atoms with Crippen LogP contribution in [-0.2, 0) is 0 Å². The van der Waals surface area contributed by atoms with E-state index in [9.17, 15) is 0 Å². The number of hydrogen-bond acceptors (Lipinski definition) is 2. The van der Waals surface area contributed by atoms with Gasteiger partial charge in [-0.2, -0.15) is 0 Å². The summed E-state index contributed by atoms with van der Waals surface area (Å²) in [6, 6.07) is 0.429. The first-order valence-electron chi connectivity index (χ1n) is 7.24. The van der Waals surface area contributed by atoms with Crippen molar-refractivity contribution in [2.45, 2.75) is 64.8 Å². The normalized spacial score (nSPS) is 21.2. The van der Waals surface area contributed by atoms with Crippen molar-refractivity contribution in [1.29, 1.82) is 0 Å². The topological polar surface area (TPSA) is 29.3 Å². The van der Waals surface area contributed by atoms with Crippen molar-refractivity contribution in [3.8, 4) is 0 Å². The summed E-state index contributed by atoms with van der Waals surface area (Å²) in [4.78, 5) is 2.61. The zero-order valence-electron chi connectivity index (χ0n) is 11.3. The van der Waals surface area contributed by atoms with Gasteiger partial charge in [0.05, 0.1) is 0 Å². The zero-order chi connectivity index (χ0) is 11.8. The predicted molar refractivity (Wildman–Crippen MR) is 71.6 cm³/mol. The summed E-state index contributed by atoms with van der Waals surface area (Å²) in [6.45, 7) is 8.36. The lowest BCUT2D eigenvalue weighted by Crippen LogP contribution is -2.36. The third-order valence-electron chi connectivity index (χ3n) is 3.88. The average molecular weight is 226 g/mol. The second kappa shape index (κ2) is 8.08. The largest absolute Gasteiger partial charge is 0.328 e. The maximum absolute atomic E-state index is 6.05. The van der Waals surface area contributed by atoms with E-state index in [1.54, 1.807) is 0 Å². The molecule has 0 aliphatic carbocycles. The molecule has 0 bridgehead atoms.